The van der Waals surface area contributed by atoms with Crippen molar-refractivity contribution in [3.8, 4) is 22.3 Å². The summed E-state index contributed by atoms with van der Waals surface area (Å²) < 4.78 is 6.39. The monoisotopic (exact) mass is 1050 g/mol. The number of carbonyl (C=O) groups is 4. The lowest BCUT2D eigenvalue weighted by molar-refractivity contribution is -0.164. The van der Waals surface area contributed by atoms with Crippen LogP contribution < -0.4 is 25.6 Å². The van der Waals surface area contributed by atoms with Gasteiger partial charge in [0.15, 0.2) is 0 Å². The molecule has 18 heteroatoms. The predicted octanol–water partition coefficient (Wildman–Crippen LogP) is 6.85. The molecule has 0 spiro atoms. The van der Waals surface area contributed by atoms with E-state index in [2.05, 4.69) is 69.4 Å². The van der Waals surface area contributed by atoms with Crippen molar-refractivity contribution < 1.29 is 29.0 Å². The number of aliphatic hydroxyl groups is 1. The number of nitrogens with zero attached hydrogens (tertiary/aromatic N) is 7. The van der Waals surface area contributed by atoms with Crippen molar-refractivity contribution in [3.63, 3.8) is 0 Å². The molecular weight excluding hydrogens is 976 g/mol. The fraction of sp³-hybridized carbons (Fsp3) is 0.554. The van der Waals surface area contributed by atoms with Gasteiger partial charge in [0.25, 0.3) is 5.91 Å². The molecule has 4 aromatic rings. The Labute approximate surface area is 445 Å². The third-order valence-electron chi connectivity index (χ3n) is 15.8. The van der Waals surface area contributed by atoms with E-state index < -0.39 is 23.6 Å². The molecule has 16 nitrogen and oxygen atoms in total. The Kier molecular flexibility index (Phi) is 16.5. The molecule has 4 fully saturated rings. The van der Waals surface area contributed by atoms with Crippen LogP contribution in [0.2, 0.25) is 5.02 Å². The second kappa shape index (κ2) is 22.3. The summed E-state index contributed by atoms with van der Waals surface area (Å²) in [6.07, 6.45) is 2.83. The van der Waals surface area contributed by atoms with Crippen LogP contribution in [0.5, 0.6) is 5.75 Å². The molecule has 2 aromatic heterocycles. The summed E-state index contributed by atoms with van der Waals surface area (Å²) in [5, 5.41) is 29.7. The highest BCUT2D eigenvalue weighted by Crippen LogP contribution is 2.55. The number of aryl methyl sites for hydroxylation is 1. The molecule has 74 heavy (non-hydrogen) atoms. The van der Waals surface area contributed by atoms with Gasteiger partial charge < -0.3 is 40.5 Å². The number of thiazole rings is 1. The van der Waals surface area contributed by atoms with Crippen molar-refractivity contribution in [2.75, 3.05) is 63.8 Å². The predicted molar refractivity (Wildman–Crippen MR) is 288 cm³/mol. The average molecular weight is 1050 g/mol. The van der Waals surface area contributed by atoms with Gasteiger partial charge in [-0.15, -0.1) is 11.3 Å². The molecule has 4 aliphatic rings. The standard InChI is InChI=1S/C56H73ClN10O6S/c1-34(37-10-12-38(13-11-37)47-35(2)60-33-74-47)61-50(71)44-26-41(68)31-67(44)51(72)48(54(3,4)5)62-46(69)32-65-24-22-64(23-25-65)20-18-36-19-21-66(30-36)45-17-15-40(29-59-45)49(70)63-52-55(6,7)53(56(52,8)9)73-42-16-14-39(28-58)43(57)27-42/h10-17,27,29,33-34,36,41,44,48,52-53,68H,18-26,30-32H2,1-9H3,(H,61,71)(H,62,69)(H,63,70)/t34-,36?,41+,44-,48?,52?,53?/m0/s1. The minimum absolute atomic E-state index is 0.0138. The lowest BCUT2D eigenvalue weighted by Gasteiger charge is -2.63. The number of halogens is 1. The number of carbonyl (C=O) groups excluding carboxylic acids is 4. The number of ether oxygens (including phenoxy) is 1. The lowest BCUT2D eigenvalue weighted by atomic mass is 9.49. The van der Waals surface area contributed by atoms with E-state index in [0.29, 0.717) is 27.8 Å². The molecule has 396 valence electrons. The summed E-state index contributed by atoms with van der Waals surface area (Å²) >= 11 is 7.85. The second-order valence-corrected chi connectivity index (χ2v) is 24.4. The van der Waals surface area contributed by atoms with Crippen molar-refractivity contribution in [1.82, 2.24) is 40.6 Å². The highest BCUT2D eigenvalue weighted by molar-refractivity contribution is 7.13. The SMILES string of the molecule is Cc1ncsc1-c1ccc([C@H](C)NC(=O)[C@@H]2C[C@@H](O)CN2C(=O)C(NC(=O)CN2CCN(CCC3CCN(c4ccc(C(=O)NC5C(C)(C)C(Oc6ccc(C#N)c(Cl)c6)C5(C)C)cn4)C3)CC2)C(C)(C)C)cc1. The zero-order valence-electron chi connectivity index (χ0n) is 44.3. The summed E-state index contributed by atoms with van der Waals surface area (Å²) in [4.78, 5) is 73.7. The maximum atomic E-state index is 14.3. The van der Waals surface area contributed by atoms with Gasteiger partial charge >= 0.3 is 0 Å². The zero-order valence-corrected chi connectivity index (χ0v) is 45.9. The molecule has 4 N–H and O–H groups in total. The Hall–Kier alpha value is -5.64. The van der Waals surface area contributed by atoms with Crippen LogP contribution in [0, 0.1) is 40.4 Å². The highest BCUT2D eigenvalue weighted by Gasteiger charge is 2.64. The molecule has 3 aliphatic heterocycles. The van der Waals surface area contributed by atoms with Gasteiger partial charge in [-0.3, -0.25) is 24.1 Å². The third-order valence-corrected chi connectivity index (χ3v) is 17.1. The van der Waals surface area contributed by atoms with Crippen molar-refractivity contribution in [2.45, 2.75) is 118 Å². The van der Waals surface area contributed by atoms with Gasteiger partial charge in [-0.25, -0.2) is 9.97 Å². The van der Waals surface area contributed by atoms with Crippen LogP contribution >= 0.6 is 22.9 Å². The van der Waals surface area contributed by atoms with Crippen LogP contribution in [-0.2, 0) is 14.4 Å². The van der Waals surface area contributed by atoms with E-state index in [9.17, 15) is 29.5 Å². The number of hydrogen-bond donors (Lipinski definition) is 4. The van der Waals surface area contributed by atoms with Gasteiger partial charge in [-0.05, 0) is 80.0 Å². The first-order chi connectivity index (χ1) is 35.0. The van der Waals surface area contributed by atoms with E-state index in [1.54, 1.807) is 35.7 Å². The average Bonchev–Trinajstić information content (AvgIpc) is 4.13. The van der Waals surface area contributed by atoms with Gasteiger partial charge in [0.05, 0.1) is 50.9 Å². The van der Waals surface area contributed by atoms with Gasteiger partial charge in [0.1, 0.15) is 35.8 Å². The normalized spacial score (nSPS) is 23.6. The number of nitriles is 1. The first kappa shape index (κ1) is 54.6. The van der Waals surface area contributed by atoms with Crippen LogP contribution in [0.4, 0.5) is 5.82 Å². The number of aromatic nitrogens is 2. The maximum absolute atomic E-state index is 14.3. The van der Waals surface area contributed by atoms with Crippen molar-refractivity contribution in [1.29, 1.82) is 5.26 Å². The minimum Gasteiger partial charge on any atom is -0.489 e. The van der Waals surface area contributed by atoms with Gasteiger partial charge in [0.2, 0.25) is 17.7 Å². The topological polar surface area (TPSA) is 196 Å². The Morgan fingerprint density at radius 1 is 0.946 bits per heavy atom. The number of anilines is 1. The molecule has 0 bridgehead atoms. The number of aliphatic hydroxyl groups excluding tert-OH is 1. The molecule has 2 unspecified atom stereocenters. The number of nitrogens with one attached hydrogen (secondary N) is 3. The smallest absolute Gasteiger partial charge is 0.253 e. The third kappa shape index (κ3) is 12.1. The number of piperazine rings is 1. The van der Waals surface area contributed by atoms with E-state index in [-0.39, 0.29) is 72.2 Å². The highest BCUT2D eigenvalue weighted by atomic mass is 35.5. The Morgan fingerprint density at radius 3 is 2.27 bits per heavy atom. The minimum atomic E-state index is -0.896. The Bertz CT molecular complexity index is 2700. The maximum Gasteiger partial charge on any atom is 0.253 e. The Balaban J connectivity index is 0.756. The van der Waals surface area contributed by atoms with Crippen molar-refractivity contribution in [3.05, 3.63) is 93.7 Å². The summed E-state index contributed by atoms with van der Waals surface area (Å²) in [6.45, 7) is 24.0. The number of pyridine rings is 1. The van der Waals surface area contributed by atoms with E-state index in [1.807, 2.05) is 76.5 Å². The molecule has 1 aliphatic carbocycles. The first-order valence-electron chi connectivity index (χ1n) is 25.9. The van der Waals surface area contributed by atoms with Crippen LogP contribution in [0.25, 0.3) is 10.4 Å². The fourth-order valence-corrected chi connectivity index (χ4v) is 12.8. The fourth-order valence-electron chi connectivity index (χ4n) is 11.8. The van der Waals surface area contributed by atoms with Gasteiger partial charge in [-0.1, -0.05) is 84.3 Å². The van der Waals surface area contributed by atoms with Gasteiger partial charge in [0, 0.05) is 81.4 Å². The molecule has 5 atom stereocenters. The van der Waals surface area contributed by atoms with E-state index in [0.717, 1.165) is 86.2 Å². The number of β-amino-alcohol motifs (C(OH)–C–C–N with tert-alkyl or cyclic N) is 1. The summed E-state index contributed by atoms with van der Waals surface area (Å²) in [5.41, 5.74) is 4.25. The Morgan fingerprint density at radius 2 is 1.65 bits per heavy atom. The zero-order chi connectivity index (χ0) is 53.3. The quantitative estimate of drug-likeness (QED) is 0.0913. The number of amides is 4. The number of benzene rings is 2. The molecule has 5 heterocycles. The first-order valence-corrected chi connectivity index (χ1v) is 27.2. The molecule has 0 radical (unpaired) electrons. The van der Waals surface area contributed by atoms with Crippen molar-refractivity contribution in [2.24, 2.45) is 22.2 Å². The number of hydrogen-bond acceptors (Lipinski definition) is 13. The summed E-state index contributed by atoms with van der Waals surface area (Å²) in [5.74, 6) is 0.815. The number of likely N-dealkylation sites (tertiary alicyclic amines) is 1. The largest absolute Gasteiger partial charge is 0.489 e. The molecule has 2 aromatic carbocycles. The van der Waals surface area contributed by atoms with Gasteiger partial charge in [-0.2, -0.15) is 5.26 Å². The van der Waals surface area contributed by atoms with Crippen LogP contribution in [0.15, 0.2) is 66.3 Å². The van der Waals surface area contributed by atoms with Crippen molar-refractivity contribution >= 4 is 52.4 Å². The molecule has 3 saturated heterocycles. The lowest BCUT2D eigenvalue weighted by Crippen LogP contribution is -2.74. The molecule has 8 rings (SSSR count). The summed E-state index contributed by atoms with van der Waals surface area (Å²) in [7, 11) is 0. The molecule has 1 saturated carbocycles. The van der Waals surface area contributed by atoms with E-state index >= 15 is 0 Å². The number of rotatable bonds is 16. The van der Waals surface area contributed by atoms with Crippen LogP contribution in [0.1, 0.15) is 108 Å². The molecule has 4 amide bonds. The molecular formula is C56H73ClN10O6S. The van der Waals surface area contributed by atoms with E-state index in [1.165, 1.54) is 4.90 Å². The van der Waals surface area contributed by atoms with Crippen LogP contribution in [0.3, 0.4) is 0 Å². The second-order valence-electron chi connectivity index (χ2n) is 23.1. The van der Waals surface area contributed by atoms with E-state index in [4.69, 9.17) is 21.3 Å². The summed E-state index contributed by atoms with van der Waals surface area (Å²) in [6, 6.07) is 16.7. The van der Waals surface area contributed by atoms with Crippen LogP contribution in [-0.4, -0.2) is 143 Å².